The minimum Gasteiger partial charge on any atom is -0.369 e. The molecule has 0 radical (unpaired) electrons. The summed E-state index contributed by atoms with van der Waals surface area (Å²) >= 11 is 0. The highest BCUT2D eigenvalue weighted by Gasteiger charge is 2.25. The van der Waals surface area contributed by atoms with Crippen molar-refractivity contribution in [1.29, 1.82) is 0 Å². The number of aryl methyl sites for hydroxylation is 2. The van der Waals surface area contributed by atoms with Gasteiger partial charge < -0.3 is 15.4 Å². The third-order valence-electron chi connectivity index (χ3n) is 5.29. The van der Waals surface area contributed by atoms with Crippen molar-refractivity contribution in [2.75, 3.05) is 31.6 Å². The number of carbonyl (C=O) groups is 1. The summed E-state index contributed by atoms with van der Waals surface area (Å²) < 4.78 is 6.00. The number of carbonyl (C=O) groups excluding carboxylic acids is 1. The summed E-state index contributed by atoms with van der Waals surface area (Å²) in [6, 6.07) is 13.6. The number of ether oxygens (including phenoxy) is 1. The maximum absolute atomic E-state index is 12.4. The molecule has 0 aromatic carbocycles. The molecule has 1 aliphatic rings. The molecular weight excluding hydrogens is 404 g/mol. The van der Waals surface area contributed by atoms with Crippen LogP contribution in [0.4, 0.5) is 11.5 Å². The Bertz CT molecular complexity index is 1060. The van der Waals surface area contributed by atoms with Crippen LogP contribution in [0.2, 0.25) is 0 Å². The Labute approximate surface area is 188 Å². The number of hydrogen-bond donors (Lipinski definition) is 2. The molecule has 1 aliphatic heterocycles. The van der Waals surface area contributed by atoms with Gasteiger partial charge in [-0.15, -0.1) is 0 Å². The molecular formula is C24H28N6O2. The van der Waals surface area contributed by atoms with Crippen molar-refractivity contribution in [2.45, 2.75) is 26.5 Å². The van der Waals surface area contributed by atoms with Crippen LogP contribution in [0.25, 0.3) is 0 Å². The second-order valence-corrected chi connectivity index (χ2v) is 7.91. The maximum atomic E-state index is 12.4. The fourth-order valence-electron chi connectivity index (χ4n) is 3.66. The molecule has 1 amide bonds. The lowest BCUT2D eigenvalue weighted by Crippen LogP contribution is -2.44. The summed E-state index contributed by atoms with van der Waals surface area (Å²) in [5.74, 6) is 0.793. The number of anilines is 2. The van der Waals surface area contributed by atoms with Gasteiger partial charge in [-0.05, 0) is 49.7 Å². The van der Waals surface area contributed by atoms with Crippen LogP contribution >= 0.6 is 0 Å². The molecule has 166 valence electrons. The van der Waals surface area contributed by atoms with Crippen molar-refractivity contribution in [2.24, 2.45) is 0 Å². The van der Waals surface area contributed by atoms with Crippen molar-refractivity contribution in [1.82, 2.24) is 25.2 Å². The summed E-state index contributed by atoms with van der Waals surface area (Å²) in [6.07, 6.45) is 3.30. The number of nitrogens with one attached hydrogen (secondary N) is 2. The van der Waals surface area contributed by atoms with Gasteiger partial charge in [-0.3, -0.25) is 19.7 Å². The number of nitrogens with zero attached hydrogens (tertiary/aromatic N) is 4. The lowest BCUT2D eigenvalue weighted by molar-refractivity contribution is -0.124. The van der Waals surface area contributed by atoms with Crippen LogP contribution < -0.4 is 10.6 Å². The van der Waals surface area contributed by atoms with Gasteiger partial charge in [0.2, 0.25) is 5.91 Å². The first-order valence-electron chi connectivity index (χ1n) is 10.7. The minimum atomic E-state index is -0.197. The number of hydrogen-bond acceptors (Lipinski definition) is 7. The predicted octanol–water partition coefficient (Wildman–Crippen LogP) is 2.92. The fraction of sp³-hybridized carbons (Fsp3) is 0.333. The molecule has 1 fully saturated rings. The summed E-state index contributed by atoms with van der Waals surface area (Å²) in [5, 5.41) is 6.31. The minimum absolute atomic E-state index is 0.0264. The van der Waals surface area contributed by atoms with E-state index < -0.39 is 0 Å². The highest BCUT2D eigenvalue weighted by atomic mass is 16.5. The second kappa shape index (κ2) is 10.3. The molecule has 8 nitrogen and oxygen atoms in total. The number of amides is 1. The van der Waals surface area contributed by atoms with Gasteiger partial charge in [0.25, 0.3) is 0 Å². The van der Waals surface area contributed by atoms with Gasteiger partial charge in [-0.2, -0.15) is 0 Å². The highest BCUT2D eigenvalue weighted by molar-refractivity contribution is 5.78. The van der Waals surface area contributed by atoms with Crippen molar-refractivity contribution in [3.8, 4) is 0 Å². The fourth-order valence-corrected chi connectivity index (χ4v) is 3.66. The van der Waals surface area contributed by atoms with E-state index in [0.717, 1.165) is 34.2 Å². The smallest absolute Gasteiger partial charge is 0.234 e. The first kappa shape index (κ1) is 21.9. The van der Waals surface area contributed by atoms with E-state index >= 15 is 0 Å². The van der Waals surface area contributed by atoms with Crippen LogP contribution in [-0.2, 0) is 16.1 Å². The van der Waals surface area contributed by atoms with Crippen molar-refractivity contribution < 1.29 is 9.53 Å². The van der Waals surface area contributed by atoms with Gasteiger partial charge in [-0.1, -0.05) is 12.1 Å². The molecule has 8 heteroatoms. The Hall–Kier alpha value is -3.36. The van der Waals surface area contributed by atoms with Gasteiger partial charge in [0.15, 0.2) is 0 Å². The summed E-state index contributed by atoms with van der Waals surface area (Å²) in [4.78, 5) is 27.9. The van der Waals surface area contributed by atoms with Gasteiger partial charge in [0.05, 0.1) is 31.1 Å². The molecule has 0 saturated carbocycles. The van der Waals surface area contributed by atoms with Gasteiger partial charge >= 0.3 is 0 Å². The lowest BCUT2D eigenvalue weighted by atomic mass is 10.1. The third kappa shape index (κ3) is 5.87. The van der Waals surface area contributed by atoms with Gasteiger partial charge in [-0.25, -0.2) is 4.98 Å². The Morgan fingerprint density at radius 2 is 2.03 bits per heavy atom. The first-order valence-corrected chi connectivity index (χ1v) is 10.7. The number of morpholine rings is 1. The molecule has 1 saturated heterocycles. The van der Waals surface area contributed by atoms with E-state index in [2.05, 4.69) is 25.5 Å². The van der Waals surface area contributed by atoms with Crippen molar-refractivity contribution in [3.63, 3.8) is 0 Å². The normalized spacial score (nSPS) is 16.5. The van der Waals surface area contributed by atoms with E-state index in [0.29, 0.717) is 32.8 Å². The monoisotopic (exact) mass is 432 g/mol. The van der Waals surface area contributed by atoms with Crippen LogP contribution in [0.15, 0.2) is 54.9 Å². The van der Waals surface area contributed by atoms with Crippen LogP contribution in [-0.4, -0.2) is 52.0 Å². The summed E-state index contributed by atoms with van der Waals surface area (Å²) in [7, 11) is 0. The highest BCUT2D eigenvalue weighted by Crippen LogP contribution is 2.25. The summed E-state index contributed by atoms with van der Waals surface area (Å²) in [5.41, 5.74) is 4.57. The molecule has 32 heavy (non-hydrogen) atoms. The number of pyridine rings is 3. The quantitative estimate of drug-likeness (QED) is 0.593. The van der Waals surface area contributed by atoms with Gasteiger partial charge in [0.1, 0.15) is 11.9 Å². The maximum Gasteiger partial charge on any atom is 0.234 e. The van der Waals surface area contributed by atoms with E-state index in [1.165, 1.54) is 0 Å². The Balaban J connectivity index is 1.38. The molecule has 3 aromatic heterocycles. The van der Waals surface area contributed by atoms with E-state index in [4.69, 9.17) is 9.72 Å². The molecule has 2 N–H and O–H groups in total. The number of aromatic nitrogens is 3. The molecule has 0 spiro atoms. The van der Waals surface area contributed by atoms with Crippen LogP contribution in [0.3, 0.4) is 0 Å². The number of rotatable bonds is 7. The van der Waals surface area contributed by atoms with Crippen LogP contribution in [0.5, 0.6) is 0 Å². The standard InChI is InChI=1S/C24H28N6O2/c1-17-6-5-9-26-24(17)29-20-12-18(2)28-21(13-20)22-15-30(10-11-32-22)16-23(31)27-14-19-7-3-4-8-25-19/h3-9,12-13,22H,10-11,14-16H2,1-2H3,(H,27,31)(H,26,28,29). The second-order valence-electron chi connectivity index (χ2n) is 7.91. The van der Waals surface area contributed by atoms with E-state index in [1.807, 2.05) is 56.3 Å². The molecule has 3 aromatic rings. The van der Waals surface area contributed by atoms with E-state index in [-0.39, 0.29) is 12.0 Å². The third-order valence-corrected chi connectivity index (χ3v) is 5.29. The largest absolute Gasteiger partial charge is 0.369 e. The van der Waals surface area contributed by atoms with Gasteiger partial charge in [0, 0.05) is 36.9 Å². The Morgan fingerprint density at radius 3 is 2.84 bits per heavy atom. The zero-order chi connectivity index (χ0) is 22.3. The SMILES string of the molecule is Cc1cc(Nc2ncccc2C)cc(C2CN(CC(=O)NCc3ccccn3)CCO2)n1. The van der Waals surface area contributed by atoms with Crippen LogP contribution in [0, 0.1) is 13.8 Å². The average molecular weight is 433 g/mol. The molecule has 1 atom stereocenters. The average Bonchev–Trinajstić information content (AvgIpc) is 2.80. The summed E-state index contributed by atoms with van der Waals surface area (Å²) in [6.45, 7) is 6.59. The predicted molar refractivity (Wildman–Crippen MR) is 122 cm³/mol. The Morgan fingerprint density at radius 1 is 1.16 bits per heavy atom. The zero-order valence-electron chi connectivity index (χ0n) is 18.4. The Kier molecular flexibility index (Phi) is 7.03. The molecule has 4 rings (SSSR count). The molecule has 4 heterocycles. The molecule has 0 bridgehead atoms. The van der Waals surface area contributed by atoms with Crippen molar-refractivity contribution in [3.05, 3.63) is 77.5 Å². The molecule has 1 unspecified atom stereocenters. The molecule has 0 aliphatic carbocycles. The topological polar surface area (TPSA) is 92.3 Å². The van der Waals surface area contributed by atoms with E-state index in [9.17, 15) is 4.79 Å². The first-order chi connectivity index (χ1) is 15.6. The van der Waals surface area contributed by atoms with Crippen LogP contribution in [0.1, 0.15) is 28.7 Å². The lowest BCUT2D eigenvalue weighted by Gasteiger charge is -2.32. The zero-order valence-corrected chi connectivity index (χ0v) is 18.4. The van der Waals surface area contributed by atoms with Crippen molar-refractivity contribution >= 4 is 17.4 Å². The van der Waals surface area contributed by atoms with E-state index in [1.54, 1.807) is 12.4 Å².